The molecule has 0 heterocycles. The van der Waals surface area contributed by atoms with Crippen LogP contribution in [-0.2, 0) is 9.84 Å². The minimum Gasteiger partial charge on any atom is -0.387 e. The predicted molar refractivity (Wildman–Crippen MR) is 96.7 cm³/mol. The third kappa shape index (κ3) is 4.90. The van der Waals surface area contributed by atoms with Crippen molar-refractivity contribution in [3.8, 4) is 0 Å². The molecule has 2 aromatic carbocycles. The molecule has 0 radical (unpaired) electrons. The van der Waals surface area contributed by atoms with E-state index in [4.69, 9.17) is 0 Å². The predicted octanol–water partition coefficient (Wildman–Crippen LogP) is 3.17. The second kappa shape index (κ2) is 7.92. The van der Waals surface area contributed by atoms with Crippen molar-refractivity contribution in [2.75, 3.05) is 12.8 Å². The Kier molecular flexibility index (Phi) is 6.15. The molecule has 2 unspecified atom stereocenters. The molecule has 5 heteroatoms. The summed E-state index contributed by atoms with van der Waals surface area (Å²) in [5.41, 5.74) is 3.12. The summed E-state index contributed by atoms with van der Waals surface area (Å²) in [7, 11) is -3.21. The van der Waals surface area contributed by atoms with Crippen molar-refractivity contribution in [1.29, 1.82) is 0 Å². The number of benzene rings is 2. The maximum absolute atomic E-state index is 11.5. The van der Waals surface area contributed by atoms with Crippen LogP contribution in [0.2, 0.25) is 0 Å². The molecule has 2 aromatic rings. The van der Waals surface area contributed by atoms with Crippen molar-refractivity contribution >= 4 is 9.84 Å². The van der Waals surface area contributed by atoms with Gasteiger partial charge in [-0.05, 0) is 36.6 Å². The van der Waals surface area contributed by atoms with E-state index in [2.05, 4.69) is 43.4 Å². The smallest absolute Gasteiger partial charge is 0.175 e. The van der Waals surface area contributed by atoms with Crippen LogP contribution in [0.25, 0.3) is 0 Å². The van der Waals surface area contributed by atoms with Crippen LogP contribution in [0, 0.1) is 6.92 Å². The van der Waals surface area contributed by atoms with E-state index in [9.17, 15) is 13.5 Å². The molecule has 0 aliphatic heterocycles. The van der Waals surface area contributed by atoms with Gasteiger partial charge in [0.2, 0.25) is 0 Å². The molecule has 0 aromatic heterocycles. The second-order valence-corrected chi connectivity index (χ2v) is 8.15. The van der Waals surface area contributed by atoms with Crippen molar-refractivity contribution in [3.63, 3.8) is 0 Å². The molecule has 0 amide bonds. The fraction of sp³-hybridized carbons (Fsp3) is 0.368. The van der Waals surface area contributed by atoms with E-state index in [-0.39, 0.29) is 10.9 Å². The summed E-state index contributed by atoms with van der Waals surface area (Å²) in [5.74, 6) is 0. The van der Waals surface area contributed by atoms with E-state index in [1.165, 1.54) is 29.5 Å². The Morgan fingerprint density at radius 1 is 1.00 bits per heavy atom. The van der Waals surface area contributed by atoms with Gasteiger partial charge in [0.25, 0.3) is 0 Å². The summed E-state index contributed by atoms with van der Waals surface area (Å²) in [5, 5.41) is 13.7. The quantitative estimate of drug-likeness (QED) is 0.807. The van der Waals surface area contributed by atoms with Crippen LogP contribution in [0.3, 0.4) is 0 Å². The first-order valence-corrected chi connectivity index (χ1v) is 9.98. The van der Waals surface area contributed by atoms with Crippen LogP contribution in [0.4, 0.5) is 0 Å². The van der Waals surface area contributed by atoms with Gasteiger partial charge >= 0.3 is 0 Å². The average Bonchev–Trinajstić information content (AvgIpc) is 2.56. The first-order valence-electron chi connectivity index (χ1n) is 8.09. The summed E-state index contributed by atoms with van der Waals surface area (Å²) in [6.45, 7) is 4.57. The van der Waals surface area contributed by atoms with Crippen LogP contribution in [0.15, 0.2) is 53.4 Å². The summed E-state index contributed by atoms with van der Waals surface area (Å²) in [6.07, 6.45) is 1.41. The monoisotopic (exact) mass is 347 g/mol. The molecule has 0 aliphatic rings. The van der Waals surface area contributed by atoms with Crippen LogP contribution >= 0.6 is 0 Å². The second-order valence-electron chi connectivity index (χ2n) is 6.14. The van der Waals surface area contributed by atoms with Crippen molar-refractivity contribution in [2.24, 2.45) is 0 Å². The third-order valence-corrected chi connectivity index (χ3v) is 5.27. The average molecular weight is 347 g/mol. The van der Waals surface area contributed by atoms with Gasteiger partial charge in [-0.3, -0.25) is 0 Å². The molecule has 4 nitrogen and oxygen atoms in total. The van der Waals surface area contributed by atoms with Crippen molar-refractivity contribution < 1.29 is 13.5 Å². The van der Waals surface area contributed by atoms with Gasteiger partial charge in [-0.2, -0.15) is 0 Å². The highest BCUT2D eigenvalue weighted by molar-refractivity contribution is 7.90. The Hall–Kier alpha value is -1.69. The Labute approximate surface area is 144 Å². The number of aliphatic hydroxyl groups is 1. The number of aryl methyl sites for hydroxylation is 1. The number of rotatable bonds is 7. The Bertz CT molecular complexity index is 752. The molecular weight excluding hydrogens is 322 g/mol. The fourth-order valence-electron chi connectivity index (χ4n) is 2.61. The Balaban J connectivity index is 2.00. The summed E-state index contributed by atoms with van der Waals surface area (Å²) in [6, 6.07) is 14.9. The van der Waals surface area contributed by atoms with Gasteiger partial charge in [0.15, 0.2) is 9.84 Å². The van der Waals surface area contributed by atoms with E-state index in [0.29, 0.717) is 12.1 Å². The van der Waals surface area contributed by atoms with Crippen molar-refractivity contribution in [2.45, 2.75) is 37.3 Å². The van der Waals surface area contributed by atoms with E-state index < -0.39 is 15.9 Å². The molecule has 0 saturated carbocycles. The van der Waals surface area contributed by atoms with Crippen LogP contribution in [0.5, 0.6) is 0 Å². The molecule has 24 heavy (non-hydrogen) atoms. The molecule has 0 saturated heterocycles. The minimum atomic E-state index is -3.21. The maximum atomic E-state index is 11.5. The molecule has 0 fully saturated rings. The summed E-state index contributed by atoms with van der Waals surface area (Å²) >= 11 is 0. The molecule has 0 spiro atoms. The third-order valence-electron chi connectivity index (χ3n) is 4.14. The fourth-order valence-corrected chi connectivity index (χ4v) is 3.24. The Morgan fingerprint density at radius 3 is 2.04 bits per heavy atom. The number of sulfone groups is 1. The largest absolute Gasteiger partial charge is 0.387 e. The Morgan fingerprint density at radius 2 is 1.54 bits per heavy atom. The van der Waals surface area contributed by atoms with Gasteiger partial charge in [-0.1, -0.05) is 48.9 Å². The van der Waals surface area contributed by atoms with Gasteiger partial charge < -0.3 is 10.4 Å². The highest BCUT2D eigenvalue weighted by Crippen LogP contribution is 2.20. The zero-order valence-electron chi connectivity index (χ0n) is 14.4. The molecular formula is C19H25NO3S. The normalized spacial score (nSPS) is 14.3. The molecule has 130 valence electrons. The molecule has 2 N–H and O–H groups in total. The molecule has 2 rings (SSSR count). The van der Waals surface area contributed by atoms with Gasteiger partial charge in [-0.15, -0.1) is 0 Å². The number of nitrogens with one attached hydrogen (secondary N) is 1. The van der Waals surface area contributed by atoms with E-state index in [0.717, 1.165) is 6.42 Å². The lowest BCUT2D eigenvalue weighted by atomic mass is 10.0. The van der Waals surface area contributed by atoms with Gasteiger partial charge in [0, 0.05) is 18.8 Å². The highest BCUT2D eigenvalue weighted by Gasteiger charge is 2.14. The first kappa shape index (κ1) is 18.6. The lowest BCUT2D eigenvalue weighted by Crippen LogP contribution is -2.26. The topological polar surface area (TPSA) is 66.4 Å². The van der Waals surface area contributed by atoms with Gasteiger partial charge in [0.05, 0.1) is 11.0 Å². The maximum Gasteiger partial charge on any atom is 0.175 e. The van der Waals surface area contributed by atoms with Crippen molar-refractivity contribution in [3.05, 3.63) is 65.2 Å². The number of aliphatic hydroxyl groups excluding tert-OH is 1. The van der Waals surface area contributed by atoms with Crippen LogP contribution in [0.1, 0.15) is 42.2 Å². The lowest BCUT2D eigenvalue weighted by Gasteiger charge is -2.20. The van der Waals surface area contributed by atoms with E-state index in [1.807, 2.05) is 0 Å². The van der Waals surface area contributed by atoms with Crippen LogP contribution in [-0.4, -0.2) is 26.3 Å². The molecule has 0 aliphatic carbocycles. The van der Waals surface area contributed by atoms with E-state index in [1.54, 1.807) is 12.1 Å². The lowest BCUT2D eigenvalue weighted by molar-refractivity contribution is 0.169. The van der Waals surface area contributed by atoms with Gasteiger partial charge in [-0.25, -0.2) is 8.42 Å². The minimum absolute atomic E-state index is 0.176. The summed E-state index contributed by atoms with van der Waals surface area (Å²) < 4.78 is 22.9. The SMILES string of the molecule is CCC(NCC(O)c1ccc(S(C)(=O)=O)cc1)c1ccc(C)cc1. The zero-order valence-corrected chi connectivity index (χ0v) is 15.2. The molecule has 2 atom stereocenters. The highest BCUT2D eigenvalue weighted by atomic mass is 32.2. The van der Waals surface area contributed by atoms with Gasteiger partial charge in [0.1, 0.15) is 0 Å². The number of hydrogen-bond acceptors (Lipinski definition) is 4. The zero-order chi connectivity index (χ0) is 17.7. The molecule has 0 bridgehead atoms. The standard InChI is InChI=1S/C19H25NO3S/c1-4-18(15-7-5-14(2)6-8-15)20-13-19(21)16-9-11-17(12-10-16)24(3,22)23/h5-12,18-21H,4,13H2,1-3H3. The van der Waals surface area contributed by atoms with Crippen molar-refractivity contribution in [1.82, 2.24) is 5.32 Å². The number of hydrogen-bond donors (Lipinski definition) is 2. The first-order chi connectivity index (χ1) is 11.3. The van der Waals surface area contributed by atoms with E-state index >= 15 is 0 Å². The summed E-state index contributed by atoms with van der Waals surface area (Å²) in [4.78, 5) is 0.262. The van der Waals surface area contributed by atoms with Crippen LogP contribution < -0.4 is 5.32 Å².